The molecule has 1 aromatic carbocycles. The number of nitrogens with zero attached hydrogens (tertiary/aromatic N) is 2. The van der Waals surface area contributed by atoms with E-state index in [1.807, 2.05) is 0 Å². The first-order valence-electron chi connectivity index (χ1n) is 4.99. The van der Waals surface area contributed by atoms with Gasteiger partial charge in [0.1, 0.15) is 0 Å². The fourth-order valence-corrected chi connectivity index (χ4v) is 2.38. The molecule has 0 fully saturated rings. The number of thioether (sulfide) groups is 1. The fourth-order valence-electron chi connectivity index (χ4n) is 1.59. The highest BCUT2D eigenvalue weighted by atomic mass is 32.2. The lowest BCUT2D eigenvalue weighted by molar-refractivity contribution is -0.383. The molecule has 0 saturated heterocycles. The third kappa shape index (κ3) is 2.37. The van der Waals surface area contributed by atoms with Crippen molar-refractivity contribution in [1.29, 1.82) is 0 Å². The molecule has 0 aliphatic carbocycles. The van der Waals surface area contributed by atoms with Gasteiger partial charge in [0.25, 0.3) is 5.69 Å². The molecule has 1 aromatic heterocycles. The van der Waals surface area contributed by atoms with Crippen molar-refractivity contribution >= 4 is 28.2 Å². The van der Waals surface area contributed by atoms with Gasteiger partial charge in [-0.2, -0.15) is 0 Å². The molecule has 0 aliphatic heterocycles. The number of fused-ring (bicyclic) bond motifs is 1. The van der Waals surface area contributed by atoms with E-state index < -0.39 is 4.92 Å². The molecule has 1 heterocycles. The molecule has 2 rings (SSSR count). The Labute approximate surface area is 102 Å². The highest BCUT2D eigenvalue weighted by Gasteiger charge is 2.13. The third-order valence-electron chi connectivity index (χ3n) is 2.30. The third-order valence-corrected chi connectivity index (χ3v) is 3.35. The molecule has 0 bridgehead atoms. The summed E-state index contributed by atoms with van der Waals surface area (Å²) in [6.45, 7) is 0.0728. The Bertz CT molecular complexity index is 559. The maximum absolute atomic E-state index is 10.9. The number of aromatic nitrogens is 1. The summed E-state index contributed by atoms with van der Waals surface area (Å²) in [6.07, 6.45) is 3.15. The van der Waals surface area contributed by atoms with Crippen LogP contribution in [0.4, 0.5) is 5.69 Å². The van der Waals surface area contributed by atoms with E-state index in [-0.39, 0.29) is 12.3 Å². The van der Waals surface area contributed by atoms with Gasteiger partial charge in [0.15, 0.2) is 0 Å². The molecule has 0 radical (unpaired) electrons. The van der Waals surface area contributed by atoms with Crippen LogP contribution < -0.4 is 0 Å². The smallest absolute Gasteiger partial charge is 0.277 e. The summed E-state index contributed by atoms with van der Waals surface area (Å²) in [5, 5.41) is 21.0. The van der Waals surface area contributed by atoms with Crippen LogP contribution in [0, 0.1) is 10.1 Å². The van der Waals surface area contributed by atoms with Crippen molar-refractivity contribution in [3.05, 3.63) is 40.7 Å². The summed E-state index contributed by atoms with van der Waals surface area (Å²) in [5.41, 5.74) is 0.0794. The summed E-state index contributed by atoms with van der Waals surface area (Å²) in [6, 6.07) is 4.82. The Hall–Kier alpha value is -1.66. The van der Waals surface area contributed by atoms with Gasteiger partial charge in [0.05, 0.1) is 16.9 Å². The van der Waals surface area contributed by atoms with Gasteiger partial charge in [0, 0.05) is 34.5 Å². The normalized spacial score (nSPS) is 10.6. The van der Waals surface area contributed by atoms with E-state index in [0.29, 0.717) is 11.1 Å². The Morgan fingerprint density at radius 2 is 2.18 bits per heavy atom. The monoisotopic (exact) mass is 250 g/mol. The van der Waals surface area contributed by atoms with Gasteiger partial charge in [-0.1, -0.05) is 0 Å². The van der Waals surface area contributed by atoms with Crippen LogP contribution in [0.1, 0.15) is 0 Å². The van der Waals surface area contributed by atoms with E-state index in [0.717, 1.165) is 10.3 Å². The summed E-state index contributed by atoms with van der Waals surface area (Å²) >= 11 is 1.46. The molecule has 2 aromatic rings. The molecule has 0 amide bonds. The minimum Gasteiger partial charge on any atom is -0.396 e. The van der Waals surface area contributed by atoms with Gasteiger partial charge in [-0.15, -0.1) is 11.8 Å². The Morgan fingerprint density at radius 1 is 1.35 bits per heavy atom. The largest absolute Gasteiger partial charge is 0.396 e. The second-order valence-corrected chi connectivity index (χ2v) is 4.47. The Morgan fingerprint density at radius 3 is 2.88 bits per heavy atom. The fraction of sp³-hybridized carbons (Fsp3) is 0.182. The molecule has 0 atom stereocenters. The molecular formula is C11H10N2O3S. The molecule has 88 valence electrons. The number of nitro benzene ring substituents is 1. The first-order chi connectivity index (χ1) is 8.24. The SMILES string of the molecule is O=[N+]([O-])c1ccc(SCCO)c2cnccc12. The summed E-state index contributed by atoms with van der Waals surface area (Å²) in [7, 11) is 0. The molecule has 6 heteroatoms. The van der Waals surface area contributed by atoms with Gasteiger partial charge in [0.2, 0.25) is 0 Å². The quantitative estimate of drug-likeness (QED) is 0.511. The molecule has 17 heavy (non-hydrogen) atoms. The van der Waals surface area contributed by atoms with Gasteiger partial charge in [-0.05, 0) is 12.1 Å². The number of hydrogen-bond donors (Lipinski definition) is 1. The molecule has 0 saturated carbocycles. The van der Waals surface area contributed by atoms with Crippen LogP contribution in [0.15, 0.2) is 35.5 Å². The highest BCUT2D eigenvalue weighted by molar-refractivity contribution is 7.99. The van der Waals surface area contributed by atoms with Crippen molar-refractivity contribution < 1.29 is 10.0 Å². The first-order valence-corrected chi connectivity index (χ1v) is 5.97. The maximum Gasteiger partial charge on any atom is 0.277 e. The van der Waals surface area contributed by atoms with Crippen LogP contribution in [-0.2, 0) is 0 Å². The van der Waals surface area contributed by atoms with Crippen LogP contribution >= 0.6 is 11.8 Å². The summed E-state index contributed by atoms with van der Waals surface area (Å²) in [5.74, 6) is 0.557. The van der Waals surface area contributed by atoms with Gasteiger partial charge in [-0.25, -0.2) is 0 Å². The number of nitro groups is 1. The number of hydrogen-bond acceptors (Lipinski definition) is 5. The van der Waals surface area contributed by atoms with Gasteiger partial charge < -0.3 is 5.11 Å². The molecule has 0 spiro atoms. The zero-order valence-corrected chi connectivity index (χ0v) is 9.68. The predicted octanol–water partition coefficient (Wildman–Crippen LogP) is 2.23. The van der Waals surface area contributed by atoms with Crippen molar-refractivity contribution in [3.63, 3.8) is 0 Å². The number of aliphatic hydroxyl groups excluding tert-OH is 1. The number of non-ortho nitro benzene ring substituents is 1. The van der Waals surface area contributed by atoms with E-state index >= 15 is 0 Å². The van der Waals surface area contributed by atoms with Crippen molar-refractivity contribution in [2.75, 3.05) is 12.4 Å². The lowest BCUT2D eigenvalue weighted by atomic mass is 10.1. The van der Waals surface area contributed by atoms with Gasteiger partial charge >= 0.3 is 0 Å². The van der Waals surface area contributed by atoms with Crippen LogP contribution in [0.3, 0.4) is 0 Å². The second kappa shape index (κ2) is 5.11. The minimum absolute atomic E-state index is 0.0728. The predicted molar refractivity (Wildman–Crippen MR) is 66.2 cm³/mol. The average molecular weight is 250 g/mol. The maximum atomic E-state index is 10.9. The molecule has 0 aliphatic rings. The van der Waals surface area contributed by atoms with Gasteiger partial charge in [-0.3, -0.25) is 15.1 Å². The van der Waals surface area contributed by atoms with E-state index in [9.17, 15) is 10.1 Å². The summed E-state index contributed by atoms with van der Waals surface area (Å²) < 4.78 is 0. The van der Waals surface area contributed by atoms with Crippen molar-refractivity contribution in [2.24, 2.45) is 0 Å². The topological polar surface area (TPSA) is 76.3 Å². The Balaban J connectivity index is 2.58. The lowest BCUT2D eigenvalue weighted by Gasteiger charge is -2.05. The Kier molecular flexibility index (Phi) is 3.55. The van der Waals surface area contributed by atoms with Crippen LogP contribution in [-0.4, -0.2) is 27.4 Å². The van der Waals surface area contributed by atoms with Crippen molar-refractivity contribution in [3.8, 4) is 0 Å². The number of rotatable bonds is 4. The van der Waals surface area contributed by atoms with Crippen LogP contribution in [0.5, 0.6) is 0 Å². The molecule has 5 nitrogen and oxygen atoms in total. The number of benzene rings is 1. The van der Waals surface area contributed by atoms with E-state index in [2.05, 4.69) is 4.98 Å². The molecule has 1 N–H and O–H groups in total. The van der Waals surface area contributed by atoms with Crippen LogP contribution in [0.2, 0.25) is 0 Å². The highest BCUT2D eigenvalue weighted by Crippen LogP contribution is 2.32. The van der Waals surface area contributed by atoms with Crippen LogP contribution in [0.25, 0.3) is 10.8 Å². The van der Waals surface area contributed by atoms with E-state index in [1.54, 1.807) is 18.3 Å². The zero-order valence-electron chi connectivity index (χ0n) is 8.87. The second-order valence-electron chi connectivity index (χ2n) is 3.33. The average Bonchev–Trinajstić information content (AvgIpc) is 2.35. The molecular weight excluding hydrogens is 240 g/mol. The van der Waals surface area contributed by atoms with E-state index in [4.69, 9.17) is 5.11 Å². The van der Waals surface area contributed by atoms with Crippen molar-refractivity contribution in [1.82, 2.24) is 4.98 Å². The van der Waals surface area contributed by atoms with Crippen molar-refractivity contribution in [2.45, 2.75) is 4.90 Å². The summed E-state index contributed by atoms with van der Waals surface area (Å²) in [4.78, 5) is 15.4. The first kappa shape index (κ1) is 11.8. The standard InChI is InChI=1S/C11H10N2O3S/c14-5-6-17-11-2-1-10(13(15)16)8-3-4-12-7-9(8)11/h1-4,7,14H,5-6H2. The number of pyridine rings is 1. The minimum atomic E-state index is -0.400. The van der Waals surface area contributed by atoms with E-state index in [1.165, 1.54) is 24.0 Å². The molecule has 0 unspecified atom stereocenters. The lowest BCUT2D eigenvalue weighted by Crippen LogP contribution is -1.92. The number of aliphatic hydroxyl groups is 1. The zero-order chi connectivity index (χ0) is 12.3.